The van der Waals surface area contributed by atoms with E-state index in [1.54, 1.807) is 17.5 Å². The molecule has 1 atom stereocenters. The van der Waals surface area contributed by atoms with Gasteiger partial charge in [-0.3, -0.25) is 0 Å². The molecule has 1 spiro atoms. The summed E-state index contributed by atoms with van der Waals surface area (Å²) in [5.74, 6) is 2.56. The zero-order chi connectivity index (χ0) is 18.0. The largest absolute Gasteiger partial charge is 0.325 e. The van der Waals surface area contributed by atoms with Gasteiger partial charge in [0.15, 0.2) is 0 Å². The van der Waals surface area contributed by atoms with Crippen LogP contribution in [0.5, 0.6) is 0 Å². The molecule has 2 aromatic rings. The Labute approximate surface area is 185 Å². The third-order valence-electron chi connectivity index (χ3n) is 7.46. The standard InChI is InChI=1S/C23H28N4.2ClH/c1-15-2-6-19-21(15)22(26-14-25-19)27-13-23(8-10-24-11-9-23)18-12-17(16-3-4-16)5-7-20(18)27;;/h5,7,12,14-16,24H,2-4,6,8-11,13H2,1H3;2*1H. The number of nitrogens with zero attached hydrogens (tertiary/aromatic N) is 3. The summed E-state index contributed by atoms with van der Waals surface area (Å²) in [5, 5.41) is 3.58. The molecule has 1 aromatic heterocycles. The van der Waals surface area contributed by atoms with Crippen molar-refractivity contribution >= 4 is 36.3 Å². The molecule has 1 unspecified atom stereocenters. The van der Waals surface area contributed by atoms with Crippen molar-refractivity contribution in [2.45, 2.75) is 62.7 Å². The average molecular weight is 433 g/mol. The van der Waals surface area contributed by atoms with Gasteiger partial charge < -0.3 is 10.2 Å². The van der Waals surface area contributed by atoms with Crippen LogP contribution in [0.1, 0.15) is 73.2 Å². The van der Waals surface area contributed by atoms with Gasteiger partial charge in [-0.2, -0.15) is 0 Å². The second kappa shape index (κ2) is 7.72. The molecule has 2 fully saturated rings. The van der Waals surface area contributed by atoms with Crippen molar-refractivity contribution < 1.29 is 0 Å². The first-order valence-corrected chi connectivity index (χ1v) is 10.7. The molecular formula is C23H30Cl2N4. The van der Waals surface area contributed by atoms with Gasteiger partial charge in [0.2, 0.25) is 0 Å². The smallest absolute Gasteiger partial charge is 0.140 e. The number of hydrogen-bond donors (Lipinski definition) is 1. The highest BCUT2D eigenvalue weighted by Gasteiger charge is 2.45. The van der Waals surface area contributed by atoms with Crippen molar-refractivity contribution in [3.8, 4) is 0 Å². The van der Waals surface area contributed by atoms with Gasteiger partial charge in [-0.05, 0) is 80.6 Å². The molecule has 2 aliphatic carbocycles. The molecule has 1 aromatic carbocycles. The molecule has 1 N–H and O–H groups in total. The summed E-state index contributed by atoms with van der Waals surface area (Å²) < 4.78 is 0. The number of piperidine rings is 1. The Kier molecular flexibility index (Phi) is 5.56. The van der Waals surface area contributed by atoms with Gasteiger partial charge in [-0.15, -0.1) is 24.8 Å². The SMILES string of the molecule is CC1CCc2ncnc(N3CC4(CCNCC4)c4cc(C5CC5)ccc43)c21.Cl.Cl. The lowest BCUT2D eigenvalue weighted by Crippen LogP contribution is -2.42. The first-order valence-electron chi connectivity index (χ1n) is 10.7. The number of rotatable bonds is 2. The highest BCUT2D eigenvalue weighted by molar-refractivity contribution is 5.85. The topological polar surface area (TPSA) is 41.1 Å². The lowest BCUT2D eigenvalue weighted by atomic mass is 9.74. The fourth-order valence-electron chi connectivity index (χ4n) is 5.72. The summed E-state index contributed by atoms with van der Waals surface area (Å²) in [6.45, 7) is 5.67. The number of nitrogens with one attached hydrogen (secondary N) is 1. The molecular weight excluding hydrogens is 403 g/mol. The predicted molar refractivity (Wildman–Crippen MR) is 122 cm³/mol. The van der Waals surface area contributed by atoms with Crippen LogP contribution >= 0.6 is 24.8 Å². The van der Waals surface area contributed by atoms with Crippen molar-refractivity contribution in [3.05, 3.63) is 46.9 Å². The molecule has 156 valence electrons. The van der Waals surface area contributed by atoms with Crippen LogP contribution in [0.4, 0.5) is 11.5 Å². The first kappa shape index (κ1) is 20.9. The van der Waals surface area contributed by atoms with Crippen molar-refractivity contribution in [1.29, 1.82) is 0 Å². The van der Waals surface area contributed by atoms with Crippen molar-refractivity contribution in [3.63, 3.8) is 0 Å². The lowest BCUT2D eigenvalue weighted by Gasteiger charge is -2.35. The number of aromatic nitrogens is 2. The maximum Gasteiger partial charge on any atom is 0.140 e. The molecule has 0 bridgehead atoms. The molecule has 0 amide bonds. The molecule has 4 nitrogen and oxygen atoms in total. The van der Waals surface area contributed by atoms with E-state index in [4.69, 9.17) is 4.98 Å². The minimum absolute atomic E-state index is 0. The summed E-state index contributed by atoms with van der Waals surface area (Å²) in [7, 11) is 0. The van der Waals surface area contributed by atoms with Crippen LogP contribution in [0.3, 0.4) is 0 Å². The minimum Gasteiger partial charge on any atom is -0.325 e. The third-order valence-corrected chi connectivity index (χ3v) is 7.46. The van der Waals surface area contributed by atoms with Crippen LogP contribution < -0.4 is 10.2 Å². The van der Waals surface area contributed by atoms with E-state index in [0.717, 1.165) is 32.0 Å². The normalized spacial score (nSPS) is 23.9. The number of anilines is 2. The summed E-state index contributed by atoms with van der Waals surface area (Å²) >= 11 is 0. The summed E-state index contributed by atoms with van der Waals surface area (Å²) in [6, 6.07) is 7.34. The van der Waals surface area contributed by atoms with E-state index < -0.39 is 0 Å². The molecule has 6 rings (SSSR count). The van der Waals surface area contributed by atoms with Crippen LogP contribution in [-0.4, -0.2) is 29.6 Å². The number of aryl methyl sites for hydroxylation is 1. The van der Waals surface area contributed by atoms with E-state index in [0.29, 0.717) is 5.92 Å². The number of halogens is 2. The van der Waals surface area contributed by atoms with Gasteiger partial charge in [0.05, 0.1) is 0 Å². The van der Waals surface area contributed by atoms with Gasteiger partial charge >= 0.3 is 0 Å². The third kappa shape index (κ3) is 3.24. The summed E-state index contributed by atoms with van der Waals surface area (Å²) in [4.78, 5) is 12.0. The minimum atomic E-state index is 0. The maximum absolute atomic E-state index is 4.83. The zero-order valence-electron chi connectivity index (χ0n) is 17.0. The molecule has 1 saturated heterocycles. The Morgan fingerprint density at radius 3 is 2.62 bits per heavy atom. The van der Waals surface area contributed by atoms with Gasteiger partial charge in [0, 0.05) is 28.9 Å². The highest BCUT2D eigenvalue weighted by Crippen LogP contribution is 2.52. The zero-order valence-corrected chi connectivity index (χ0v) is 18.6. The monoisotopic (exact) mass is 432 g/mol. The Balaban J connectivity index is 0.00000102. The van der Waals surface area contributed by atoms with E-state index in [2.05, 4.69) is 40.3 Å². The van der Waals surface area contributed by atoms with Crippen LogP contribution in [-0.2, 0) is 11.8 Å². The van der Waals surface area contributed by atoms with E-state index in [-0.39, 0.29) is 30.2 Å². The maximum atomic E-state index is 4.83. The van der Waals surface area contributed by atoms with Gasteiger partial charge in [-0.25, -0.2) is 9.97 Å². The molecule has 3 heterocycles. The van der Waals surface area contributed by atoms with Gasteiger partial charge in [0.1, 0.15) is 12.1 Å². The first-order chi connectivity index (χ1) is 13.3. The second-order valence-corrected chi connectivity index (χ2v) is 9.16. The Morgan fingerprint density at radius 1 is 1.07 bits per heavy atom. The molecule has 0 radical (unpaired) electrons. The Morgan fingerprint density at radius 2 is 1.86 bits per heavy atom. The van der Waals surface area contributed by atoms with Crippen LogP contribution in [0, 0.1) is 0 Å². The highest BCUT2D eigenvalue weighted by atomic mass is 35.5. The molecule has 2 aliphatic heterocycles. The van der Waals surface area contributed by atoms with Crippen molar-refractivity contribution in [2.24, 2.45) is 0 Å². The van der Waals surface area contributed by atoms with Gasteiger partial charge in [-0.1, -0.05) is 19.1 Å². The Bertz CT molecular complexity index is 906. The quantitative estimate of drug-likeness (QED) is 0.722. The fraction of sp³-hybridized carbons (Fsp3) is 0.565. The van der Waals surface area contributed by atoms with E-state index in [1.807, 2.05) is 0 Å². The average Bonchev–Trinajstić information content (AvgIpc) is 3.43. The molecule has 4 aliphatic rings. The molecule has 1 saturated carbocycles. The van der Waals surface area contributed by atoms with E-state index in [1.165, 1.54) is 54.9 Å². The number of hydrogen-bond acceptors (Lipinski definition) is 4. The van der Waals surface area contributed by atoms with E-state index >= 15 is 0 Å². The van der Waals surface area contributed by atoms with Crippen LogP contribution in [0.2, 0.25) is 0 Å². The lowest BCUT2D eigenvalue weighted by molar-refractivity contribution is 0.329. The Hall–Kier alpha value is -1.36. The van der Waals surface area contributed by atoms with Crippen molar-refractivity contribution in [1.82, 2.24) is 15.3 Å². The summed E-state index contributed by atoms with van der Waals surface area (Å²) in [6.07, 6.45) is 9.29. The van der Waals surface area contributed by atoms with E-state index in [9.17, 15) is 0 Å². The number of benzene rings is 1. The van der Waals surface area contributed by atoms with Gasteiger partial charge in [0.25, 0.3) is 0 Å². The van der Waals surface area contributed by atoms with Crippen LogP contribution in [0.15, 0.2) is 24.5 Å². The summed E-state index contributed by atoms with van der Waals surface area (Å²) in [5.41, 5.74) is 7.52. The second-order valence-electron chi connectivity index (χ2n) is 9.16. The molecule has 6 heteroatoms. The molecule has 29 heavy (non-hydrogen) atoms. The fourth-order valence-corrected chi connectivity index (χ4v) is 5.72. The van der Waals surface area contributed by atoms with Crippen molar-refractivity contribution in [2.75, 3.05) is 24.5 Å². The van der Waals surface area contributed by atoms with Crippen LogP contribution in [0.25, 0.3) is 0 Å². The number of fused-ring (bicyclic) bond motifs is 3. The predicted octanol–water partition coefficient (Wildman–Crippen LogP) is 5.02.